The van der Waals surface area contributed by atoms with Crippen LogP contribution in [0.4, 0.5) is 0 Å². The van der Waals surface area contributed by atoms with E-state index < -0.39 is 13.9 Å². The molecule has 0 aliphatic heterocycles. The van der Waals surface area contributed by atoms with Gasteiger partial charge in [0.05, 0.1) is 12.9 Å². The Bertz CT molecular complexity index is 398. The Kier molecular flexibility index (Phi) is 5.38. The normalized spacial score (nSPS) is 13.8. The Morgan fingerprint density at radius 1 is 1.35 bits per heavy atom. The Hall–Kier alpha value is -1.13. The molecule has 94 valence electrons. The van der Waals surface area contributed by atoms with Crippen molar-refractivity contribution >= 4 is 7.82 Å². The van der Waals surface area contributed by atoms with Crippen LogP contribution >= 0.6 is 7.82 Å². The van der Waals surface area contributed by atoms with E-state index in [4.69, 9.17) is 14.5 Å². The molecule has 0 heterocycles. The van der Waals surface area contributed by atoms with Gasteiger partial charge in [0.2, 0.25) is 0 Å². The zero-order chi connectivity index (χ0) is 12.7. The second kappa shape index (κ2) is 6.57. The minimum Gasteiger partial charge on any atom is -0.491 e. The van der Waals surface area contributed by atoms with Gasteiger partial charge in [0, 0.05) is 0 Å². The maximum absolute atomic E-state index is 10.6. The van der Waals surface area contributed by atoms with E-state index in [9.17, 15) is 4.57 Å². The molecule has 0 saturated carbocycles. The van der Waals surface area contributed by atoms with Gasteiger partial charge in [0.1, 0.15) is 6.10 Å². The van der Waals surface area contributed by atoms with E-state index in [1.54, 1.807) is 25.1 Å². The molecule has 1 aromatic rings. The summed E-state index contributed by atoms with van der Waals surface area (Å²) in [4.78, 5) is 17.3. The highest BCUT2D eigenvalue weighted by Gasteiger charge is 2.19. The third-order valence-electron chi connectivity index (χ3n) is 1.94. The second-order valence-corrected chi connectivity index (χ2v) is 4.53. The smallest absolute Gasteiger partial charge is 0.469 e. The summed E-state index contributed by atoms with van der Waals surface area (Å²) in [6.07, 6.45) is 2.61. The maximum atomic E-state index is 10.6. The van der Waals surface area contributed by atoms with Crippen molar-refractivity contribution in [2.24, 2.45) is 0 Å². The molecule has 0 spiro atoms. The highest BCUT2D eigenvalue weighted by molar-refractivity contribution is 7.46. The van der Waals surface area contributed by atoms with E-state index in [1.165, 1.54) is 6.26 Å². The fraction of sp³-hybridized carbons (Fsp3) is 0.273. The first-order chi connectivity index (χ1) is 8.03. The topological polar surface area (TPSA) is 76.0 Å². The van der Waals surface area contributed by atoms with Crippen LogP contribution in [0.25, 0.3) is 0 Å². The molecule has 0 saturated heterocycles. The molecule has 0 aliphatic carbocycles. The highest BCUT2D eigenvalue weighted by atomic mass is 31.2. The number of benzene rings is 1. The second-order valence-electron chi connectivity index (χ2n) is 3.29. The zero-order valence-corrected chi connectivity index (χ0v) is 10.3. The molecular weight excluding hydrogens is 243 g/mol. The Morgan fingerprint density at radius 2 is 2.00 bits per heavy atom. The molecule has 6 heteroatoms. The van der Waals surface area contributed by atoms with E-state index in [0.717, 1.165) is 5.56 Å². The lowest BCUT2D eigenvalue weighted by Gasteiger charge is -2.17. The first-order valence-electron chi connectivity index (χ1n) is 5.04. The first-order valence-corrected chi connectivity index (χ1v) is 6.57. The van der Waals surface area contributed by atoms with Crippen LogP contribution < -0.4 is 0 Å². The number of ether oxygens (including phenoxy) is 1. The molecule has 0 aromatic heterocycles. The summed E-state index contributed by atoms with van der Waals surface area (Å²) < 4.78 is 20.4. The maximum Gasteiger partial charge on any atom is 0.469 e. The largest absolute Gasteiger partial charge is 0.491 e. The molecule has 0 radical (unpaired) electrons. The quantitative estimate of drug-likeness (QED) is 0.605. The predicted molar refractivity (Wildman–Crippen MR) is 63.1 cm³/mol. The minimum absolute atomic E-state index is 0.210. The molecule has 2 N–H and O–H groups in total. The van der Waals surface area contributed by atoms with Gasteiger partial charge in [-0.3, -0.25) is 4.52 Å². The number of hydrogen-bond donors (Lipinski definition) is 2. The van der Waals surface area contributed by atoms with Gasteiger partial charge in [-0.15, -0.1) is 0 Å². The number of rotatable bonds is 6. The third-order valence-corrected chi connectivity index (χ3v) is 2.43. The molecule has 17 heavy (non-hydrogen) atoms. The molecule has 5 nitrogen and oxygen atoms in total. The molecule has 1 atom stereocenters. The van der Waals surface area contributed by atoms with Crippen molar-refractivity contribution in [3.8, 4) is 0 Å². The van der Waals surface area contributed by atoms with Crippen molar-refractivity contribution in [1.29, 1.82) is 0 Å². The summed E-state index contributed by atoms with van der Waals surface area (Å²) in [6.45, 7) is 1.57. The van der Waals surface area contributed by atoms with Gasteiger partial charge in [0.25, 0.3) is 0 Å². The van der Waals surface area contributed by atoms with Crippen LogP contribution in [0.2, 0.25) is 0 Å². The number of hydrogen-bond acceptors (Lipinski definition) is 3. The Balaban J connectivity index is 2.71. The number of phosphoric acid groups is 1. The first kappa shape index (κ1) is 13.9. The summed E-state index contributed by atoms with van der Waals surface area (Å²) in [5.74, 6) is 0. The van der Waals surface area contributed by atoms with E-state index in [-0.39, 0.29) is 6.61 Å². The van der Waals surface area contributed by atoms with Gasteiger partial charge >= 0.3 is 7.82 Å². The highest BCUT2D eigenvalue weighted by Crippen LogP contribution is 2.37. The Labute approximate surface area is 99.9 Å². The molecule has 0 amide bonds. The van der Waals surface area contributed by atoms with Crippen molar-refractivity contribution in [3.05, 3.63) is 48.2 Å². The van der Waals surface area contributed by atoms with Crippen molar-refractivity contribution in [1.82, 2.24) is 0 Å². The third kappa shape index (κ3) is 5.65. The molecule has 1 rings (SSSR count). The van der Waals surface area contributed by atoms with Crippen LogP contribution in [0.15, 0.2) is 42.7 Å². The molecule has 1 unspecified atom stereocenters. The average Bonchev–Trinajstić information content (AvgIpc) is 2.29. The van der Waals surface area contributed by atoms with Crippen molar-refractivity contribution in [2.75, 3.05) is 6.61 Å². The monoisotopic (exact) mass is 258 g/mol. The lowest BCUT2D eigenvalue weighted by Crippen LogP contribution is -2.08. The van der Waals surface area contributed by atoms with Gasteiger partial charge in [-0.05, 0) is 12.5 Å². The summed E-state index contributed by atoms with van der Waals surface area (Å²) in [5.41, 5.74) is 0.791. The van der Waals surface area contributed by atoms with Crippen LogP contribution in [-0.4, -0.2) is 16.4 Å². The molecule has 1 aromatic carbocycles. The van der Waals surface area contributed by atoms with Crippen LogP contribution in [0.3, 0.4) is 0 Å². The number of phosphoric ester groups is 1. The van der Waals surface area contributed by atoms with E-state index >= 15 is 0 Å². The van der Waals surface area contributed by atoms with Gasteiger partial charge in [0.15, 0.2) is 0 Å². The fourth-order valence-electron chi connectivity index (χ4n) is 1.22. The predicted octanol–water partition coefficient (Wildman–Crippen LogP) is 2.39. The SMILES string of the molecule is CC=COC(COP(=O)(O)O)c1ccccc1. The minimum atomic E-state index is -4.48. The van der Waals surface area contributed by atoms with Crippen molar-refractivity contribution in [3.63, 3.8) is 0 Å². The van der Waals surface area contributed by atoms with Gasteiger partial charge in [-0.1, -0.05) is 36.4 Å². The van der Waals surface area contributed by atoms with Crippen molar-refractivity contribution in [2.45, 2.75) is 13.0 Å². The van der Waals surface area contributed by atoms with Crippen LogP contribution in [-0.2, 0) is 13.8 Å². The van der Waals surface area contributed by atoms with Crippen LogP contribution in [0.1, 0.15) is 18.6 Å². The summed E-state index contributed by atoms with van der Waals surface area (Å²) in [7, 11) is -4.48. The fourth-order valence-corrected chi connectivity index (χ4v) is 1.55. The van der Waals surface area contributed by atoms with E-state index in [0.29, 0.717) is 0 Å². The summed E-state index contributed by atoms with van der Waals surface area (Å²) in [5, 5.41) is 0. The van der Waals surface area contributed by atoms with E-state index in [2.05, 4.69) is 4.52 Å². The molecule has 0 bridgehead atoms. The van der Waals surface area contributed by atoms with Crippen LogP contribution in [0.5, 0.6) is 0 Å². The lowest BCUT2D eigenvalue weighted by molar-refractivity contribution is 0.0703. The molecule has 0 aliphatic rings. The molecular formula is C11H15O5P. The number of allylic oxidation sites excluding steroid dienone is 1. The molecule has 0 fully saturated rings. The lowest BCUT2D eigenvalue weighted by atomic mass is 10.1. The standard InChI is InChI=1S/C11H15O5P/c1-2-8-15-11(9-16-17(12,13)14)10-6-4-3-5-7-10/h2-8,11H,9H2,1H3,(H2,12,13,14). The van der Waals surface area contributed by atoms with Gasteiger partial charge in [-0.2, -0.15) is 0 Å². The van der Waals surface area contributed by atoms with Crippen molar-refractivity contribution < 1.29 is 23.6 Å². The van der Waals surface area contributed by atoms with E-state index in [1.807, 2.05) is 18.2 Å². The summed E-state index contributed by atoms with van der Waals surface area (Å²) >= 11 is 0. The Morgan fingerprint density at radius 3 is 2.53 bits per heavy atom. The van der Waals surface area contributed by atoms with Gasteiger partial charge in [-0.25, -0.2) is 4.57 Å². The average molecular weight is 258 g/mol. The summed E-state index contributed by atoms with van der Waals surface area (Å²) in [6, 6.07) is 9.09. The zero-order valence-electron chi connectivity index (χ0n) is 9.39. The van der Waals surface area contributed by atoms with Gasteiger partial charge < -0.3 is 14.5 Å². The van der Waals surface area contributed by atoms with Crippen LogP contribution in [0, 0.1) is 0 Å².